The second-order valence-electron chi connectivity index (χ2n) is 4.66. The molecule has 0 saturated carbocycles. The van der Waals surface area contributed by atoms with E-state index in [-0.39, 0.29) is 24.3 Å². The van der Waals surface area contributed by atoms with Crippen molar-refractivity contribution in [2.24, 2.45) is 11.7 Å². The van der Waals surface area contributed by atoms with Gasteiger partial charge >= 0.3 is 0 Å². The van der Waals surface area contributed by atoms with Crippen LogP contribution < -0.4 is 11.1 Å². The van der Waals surface area contributed by atoms with E-state index >= 15 is 0 Å². The fraction of sp³-hybridized carbons (Fsp3) is 0.800. The van der Waals surface area contributed by atoms with Crippen LogP contribution in [0.25, 0.3) is 0 Å². The molecule has 1 rings (SSSR count). The maximum absolute atomic E-state index is 11.6. The van der Waals surface area contributed by atoms with Crippen molar-refractivity contribution in [3.8, 4) is 0 Å². The lowest BCUT2D eigenvalue weighted by molar-refractivity contribution is -0.145. The predicted molar refractivity (Wildman–Crippen MR) is 57.0 cm³/mol. The Morgan fingerprint density at radius 1 is 1.53 bits per heavy atom. The number of nitrogens with one attached hydrogen (secondary N) is 1. The van der Waals surface area contributed by atoms with Crippen molar-refractivity contribution in [2.45, 2.75) is 26.3 Å². The number of imide groups is 1. The van der Waals surface area contributed by atoms with Crippen LogP contribution in [0.5, 0.6) is 0 Å². The van der Waals surface area contributed by atoms with Gasteiger partial charge in [0.05, 0.1) is 12.1 Å². The number of rotatable bonds is 3. The van der Waals surface area contributed by atoms with Crippen LogP contribution in [0.15, 0.2) is 0 Å². The van der Waals surface area contributed by atoms with Gasteiger partial charge in [0, 0.05) is 6.54 Å². The van der Waals surface area contributed by atoms with Crippen LogP contribution in [0, 0.1) is 5.92 Å². The number of piperazine rings is 1. The number of hydrogen-bond acceptors (Lipinski definition) is 4. The Morgan fingerprint density at radius 3 is 2.67 bits per heavy atom. The summed E-state index contributed by atoms with van der Waals surface area (Å²) in [6.07, 6.45) is 0. The van der Waals surface area contributed by atoms with E-state index in [2.05, 4.69) is 5.32 Å². The third-order valence-electron chi connectivity index (χ3n) is 2.87. The van der Waals surface area contributed by atoms with Gasteiger partial charge in [-0.15, -0.1) is 0 Å². The number of nitrogens with zero attached hydrogens (tertiary/aromatic N) is 1. The number of nitrogens with two attached hydrogens (primary N) is 1. The van der Waals surface area contributed by atoms with Gasteiger partial charge in [0.25, 0.3) is 0 Å². The van der Waals surface area contributed by atoms with Gasteiger partial charge in [-0.05, 0) is 26.3 Å². The fourth-order valence-electron chi connectivity index (χ4n) is 1.58. The van der Waals surface area contributed by atoms with E-state index in [1.165, 1.54) is 0 Å². The SMILES string of the molecule is CC(CN)CN1CC(=O)NC(=O)C1(C)C. The molecular weight excluding hydrogens is 194 g/mol. The van der Waals surface area contributed by atoms with E-state index in [0.29, 0.717) is 13.1 Å². The highest BCUT2D eigenvalue weighted by molar-refractivity contribution is 6.02. The summed E-state index contributed by atoms with van der Waals surface area (Å²) in [7, 11) is 0. The van der Waals surface area contributed by atoms with Gasteiger partial charge in [-0.1, -0.05) is 6.92 Å². The molecule has 0 aromatic heterocycles. The topological polar surface area (TPSA) is 75.4 Å². The highest BCUT2D eigenvalue weighted by Crippen LogP contribution is 2.19. The van der Waals surface area contributed by atoms with Gasteiger partial charge in [0.2, 0.25) is 11.8 Å². The van der Waals surface area contributed by atoms with Crippen molar-refractivity contribution in [2.75, 3.05) is 19.6 Å². The summed E-state index contributed by atoms with van der Waals surface area (Å²) < 4.78 is 0. The molecule has 3 N–H and O–H groups in total. The molecule has 1 atom stereocenters. The molecule has 1 aliphatic heterocycles. The summed E-state index contributed by atoms with van der Waals surface area (Å²) in [6.45, 7) is 7.14. The molecule has 1 unspecified atom stereocenters. The van der Waals surface area contributed by atoms with E-state index in [1.807, 2.05) is 25.7 Å². The Labute approximate surface area is 90.0 Å². The molecule has 5 nitrogen and oxygen atoms in total. The average Bonchev–Trinajstić information content (AvgIpc) is 2.14. The van der Waals surface area contributed by atoms with E-state index in [9.17, 15) is 9.59 Å². The second-order valence-corrected chi connectivity index (χ2v) is 4.66. The maximum Gasteiger partial charge on any atom is 0.246 e. The van der Waals surface area contributed by atoms with Crippen LogP contribution in [0.2, 0.25) is 0 Å². The largest absolute Gasteiger partial charge is 0.330 e. The summed E-state index contributed by atoms with van der Waals surface area (Å²) in [5, 5.41) is 2.34. The van der Waals surface area contributed by atoms with E-state index in [0.717, 1.165) is 0 Å². The monoisotopic (exact) mass is 213 g/mol. The molecule has 15 heavy (non-hydrogen) atoms. The summed E-state index contributed by atoms with van der Waals surface area (Å²) in [5.41, 5.74) is 4.91. The van der Waals surface area contributed by atoms with Crippen LogP contribution in [-0.4, -0.2) is 41.9 Å². The zero-order valence-electron chi connectivity index (χ0n) is 9.54. The summed E-state index contributed by atoms with van der Waals surface area (Å²) >= 11 is 0. The maximum atomic E-state index is 11.6. The molecule has 0 spiro atoms. The highest BCUT2D eigenvalue weighted by atomic mass is 16.2. The van der Waals surface area contributed by atoms with Crippen LogP contribution in [0.4, 0.5) is 0 Å². The number of hydrogen-bond donors (Lipinski definition) is 2. The van der Waals surface area contributed by atoms with Crippen LogP contribution in [-0.2, 0) is 9.59 Å². The lowest BCUT2D eigenvalue weighted by Crippen LogP contribution is -2.64. The first-order valence-electron chi connectivity index (χ1n) is 5.17. The number of carbonyl (C=O) groups excluding carboxylic acids is 2. The molecule has 0 aromatic carbocycles. The van der Waals surface area contributed by atoms with Gasteiger partial charge in [-0.25, -0.2) is 0 Å². The molecule has 1 fully saturated rings. The normalized spacial score (nSPS) is 23.7. The van der Waals surface area contributed by atoms with Crippen LogP contribution in [0.3, 0.4) is 0 Å². The number of amides is 2. The lowest BCUT2D eigenvalue weighted by atomic mass is 9.97. The quantitative estimate of drug-likeness (QED) is 0.609. The molecule has 1 aliphatic rings. The van der Waals surface area contributed by atoms with E-state index in [4.69, 9.17) is 5.73 Å². The molecule has 0 aromatic rings. The zero-order chi connectivity index (χ0) is 11.6. The first kappa shape index (κ1) is 12.1. The van der Waals surface area contributed by atoms with Gasteiger partial charge < -0.3 is 5.73 Å². The molecule has 0 radical (unpaired) electrons. The first-order valence-corrected chi connectivity index (χ1v) is 5.17. The van der Waals surface area contributed by atoms with E-state index < -0.39 is 5.54 Å². The molecule has 0 aliphatic carbocycles. The van der Waals surface area contributed by atoms with Crippen LogP contribution >= 0.6 is 0 Å². The van der Waals surface area contributed by atoms with Crippen LogP contribution in [0.1, 0.15) is 20.8 Å². The van der Waals surface area contributed by atoms with Gasteiger partial charge in [0.15, 0.2) is 0 Å². The number of carbonyl (C=O) groups is 2. The molecule has 2 amide bonds. The van der Waals surface area contributed by atoms with Crippen molar-refractivity contribution in [3.05, 3.63) is 0 Å². The highest BCUT2D eigenvalue weighted by Gasteiger charge is 2.40. The Bertz CT molecular complexity index is 276. The van der Waals surface area contributed by atoms with Gasteiger partial charge in [-0.2, -0.15) is 0 Å². The third-order valence-corrected chi connectivity index (χ3v) is 2.87. The lowest BCUT2D eigenvalue weighted by Gasteiger charge is -2.41. The predicted octanol–water partition coefficient (Wildman–Crippen LogP) is -0.682. The molecule has 1 heterocycles. The smallest absolute Gasteiger partial charge is 0.246 e. The second kappa shape index (κ2) is 4.28. The zero-order valence-corrected chi connectivity index (χ0v) is 9.54. The minimum atomic E-state index is -0.628. The Hall–Kier alpha value is -0.940. The van der Waals surface area contributed by atoms with Crippen molar-refractivity contribution in [1.82, 2.24) is 10.2 Å². The minimum Gasteiger partial charge on any atom is -0.330 e. The minimum absolute atomic E-state index is 0.233. The summed E-state index contributed by atoms with van der Waals surface area (Å²) in [5.74, 6) is -0.186. The first-order chi connectivity index (χ1) is 6.87. The van der Waals surface area contributed by atoms with Crippen molar-refractivity contribution in [3.63, 3.8) is 0 Å². The summed E-state index contributed by atoms with van der Waals surface area (Å²) in [6, 6.07) is 0. The van der Waals surface area contributed by atoms with Gasteiger partial charge in [0.1, 0.15) is 0 Å². The third kappa shape index (κ3) is 2.54. The van der Waals surface area contributed by atoms with Crippen molar-refractivity contribution < 1.29 is 9.59 Å². The van der Waals surface area contributed by atoms with Crippen molar-refractivity contribution in [1.29, 1.82) is 0 Å². The molecule has 1 saturated heterocycles. The molecule has 86 valence electrons. The average molecular weight is 213 g/mol. The van der Waals surface area contributed by atoms with E-state index in [1.54, 1.807) is 0 Å². The molecule has 5 heteroatoms. The Kier molecular flexibility index (Phi) is 3.46. The van der Waals surface area contributed by atoms with Crippen molar-refractivity contribution >= 4 is 11.8 Å². The summed E-state index contributed by atoms with van der Waals surface area (Å²) in [4.78, 5) is 24.7. The standard InChI is InChI=1S/C10H19N3O2/c1-7(4-11)5-13-6-8(14)12-9(15)10(13,2)3/h7H,4-6,11H2,1-3H3,(H,12,14,15). The molecular formula is C10H19N3O2. The Morgan fingerprint density at radius 2 is 2.13 bits per heavy atom. The Balaban J connectivity index is 2.75. The van der Waals surface area contributed by atoms with Gasteiger partial charge in [-0.3, -0.25) is 19.8 Å². The molecule has 0 bridgehead atoms. The fourth-order valence-corrected chi connectivity index (χ4v) is 1.58.